The molecule has 3 nitrogen and oxygen atoms in total. The quantitative estimate of drug-likeness (QED) is 0.805. The molecule has 4 heteroatoms. The minimum Gasteiger partial charge on any atom is -0.478 e. The van der Waals surface area contributed by atoms with Crippen molar-refractivity contribution in [2.24, 2.45) is 0 Å². The molecule has 0 atom stereocenters. The van der Waals surface area contributed by atoms with Gasteiger partial charge in [0.05, 0.1) is 5.56 Å². The molecule has 0 aliphatic rings. The number of aromatic carboxylic acids is 1. The van der Waals surface area contributed by atoms with Crippen molar-refractivity contribution in [3.05, 3.63) is 42.0 Å². The van der Waals surface area contributed by atoms with Gasteiger partial charge in [0, 0.05) is 12.0 Å². The van der Waals surface area contributed by atoms with Crippen molar-refractivity contribution in [3.63, 3.8) is 0 Å². The molecule has 0 spiro atoms. The molecular formula is C13H14O3S. The van der Waals surface area contributed by atoms with Gasteiger partial charge < -0.3 is 10.2 Å². The normalized spacial score (nSPS) is 9.59. The van der Waals surface area contributed by atoms with Crippen LogP contribution in [0.3, 0.4) is 0 Å². The number of benzene rings is 2. The maximum absolute atomic E-state index is 11.0. The number of aliphatic hydroxyl groups excluding tert-OH is 1. The van der Waals surface area contributed by atoms with Crippen LogP contribution in [0, 0.1) is 0 Å². The van der Waals surface area contributed by atoms with E-state index in [0.717, 1.165) is 22.8 Å². The van der Waals surface area contributed by atoms with Crippen LogP contribution < -0.4 is 0 Å². The molecule has 0 radical (unpaired) electrons. The molecule has 0 amide bonds. The Morgan fingerprint density at radius 1 is 1.12 bits per heavy atom. The molecule has 0 aliphatic carbocycles. The first-order valence-electron chi connectivity index (χ1n) is 4.97. The van der Waals surface area contributed by atoms with Crippen molar-refractivity contribution in [1.82, 2.24) is 0 Å². The molecular weight excluding hydrogens is 236 g/mol. The van der Waals surface area contributed by atoms with Gasteiger partial charge in [-0.25, -0.2) is 4.79 Å². The van der Waals surface area contributed by atoms with Crippen LogP contribution in [0.2, 0.25) is 0 Å². The van der Waals surface area contributed by atoms with Crippen LogP contribution in [-0.2, 0) is 0 Å². The average Bonchev–Trinajstić information content (AvgIpc) is 2.39. The Bertz CT molecular complexity index is 523. The van der Waals surface area contributed by atoms with Crippen LogP contribution >= 0.6 is 11.8 Å². The number of hydrogen-bond acceptors (Lipinski definition) is 3. The summed E-state index contributed by atoms with van der Waals surface area (Å²) in [7, 11) is 1.00. The summed E-state index contributed by atoms with van der Waals surface area (Å²) in [6, 6.07) is 11.4. The standard InChI is InChI=1S/C12H10O2S.CH4O/c1-15-11-7-9-5-3-2-4-8(9)6-10(11)12(13)14;1-2/h2-7H,1H3,(H,13,14);2H,1H3. The smallest absolute Gasteiger partial charge is 0.336 e. The van der Waals surface area contributed by atoms with Crippen LogP contribution in [-0.4, -0.2) is 29.5 Å². The molecule has 0 fully saturated rings. The lowest BCUT2D eigenvalue weighted by atomic mass is 10.1. The number of aliphatic hydroxyl groups is 1. The second-order valence-corrected chi connectivity index (χ2v) is 4.05. The van der Waals surface area contributed by atoms with Gasteiger partial charge in [-0.1, -0.05) is 24.3 Å². The summed E-state index contributed by atoms with van der Waals surface area (Å²) in [5, 5.41) is 18.1. The van der Waals surface area contributed by atoms with E-state index in [1.807, 2.05) is 36.6 Å². The number of hydrogen-bond donors (Lipinski definition) is 2. The number of carboxylic acids is 1. The Morgan fingerprint density at radius 3 is 2.12 bits per heavy atom. The number of rotatable bonds is 2. The van der Waals surface area contributed by atoms with E-state index in [2.05, 4.69) is 0 Å². The van der Waals surface area contributed by atoms with Crippen molar-refractivity contribution >= 4 is 28.5 Å². The van der Waals surface area contributed by atoms with Gasteiger partial charge >= 0.3 is 5.97 Å². The van der Waals surface area contributed by atoms with E-state index in [9.17, 15) is 4.79 Å². The minimum atomic E-state index is -0.870. The Morgan fingerprint density at radius 2 is 1.65 bits per heavy atom. The second kappa shape index (κ2) is 6.27. The van der Waals surface area contributed by atoms with Crippen LogP contribution in [0.1, 0.15) is 10.4 Å². The molecule has 0 aromatic heterocycles. The van der Waals surface area contributed by atoms with Gasteiger partial charge in [-0.15, -0.1) is 11.8 Å². The highest BCUT2D eigenvalue weighted by atomic mass is 32.2. The molecule has 0 saturated heterocycles. The van der Waals surface area contributed by atoms with Crippen LogP contribution in [0.15, 0.2) is 41.3 Å². The van der Waals surface area contributed by atoms with Gasteiger partial charge in [0.1, 0.15) is 0 Å². The highest BCUT2D eigenvalue weighted by Crippen LogP contribution is 2.26. The summed E-state index contributed by atoms with van der Waals surface area (Å²) < 4.78 is 0. The molecule has 0 aliphatic heterocycles. The molecule has 0 saturated carbocycles. The van der Waals surface area contributed by atoms with Crippen molar-refractivity contribution < 1.29 is 15.0 Å². The lowest BCUT2D eigenvalue weighted by Gasteiger charge is -2.05. The molecule has 17 heavy (non-hydrogen) atoms. The van der Waals surface area contributed by atoms with Gasteiger partial charge in [0.2, 0.25) is 0 Å². The van der Waals surface area contributed by atoms with Crippen LogP contribution in [0.5, 0.6) is 0 Å². The molecule has 2 N–H and O–H groups in total. The third kappa shape index (κ3) is 2.99. The van der Waals surface area contributed by atoms with E-state index in [-0.39, 0.29) is 0 Å². The van der Waals surface area contributed by atoms with E-state index >= 15 is 0 Å². The summed E-state index contributed by atoms with van der Waals surface area (Å²) in [5.74, 6) is -0.870. The third-order valence-electron chi connectivity index (χ3n) is 2.30. The first-order chi connectivity index (χ1) is 8.22. The van der Waals surface area contributed by atoms with Crippen molar-refractivity contribution in [2.45, 2.75) is 4.90 Å². The first kappa shape index (κ1) is 13.5. The summed E-state index contributed by atoms with van der Waals surface area (Å²) in [6.45, 7) is 0. The third-order valence-corrected chi connectivity index (χ3v) is 3.08. The topological polar surface area (TPSA) is 57.5 Å². The summed E-state index contributed by atoms with van der Waals surface area (Å²) in [5.41, 5.74) is 0.376. The molecule has 90 valence electrons. The van der Waals surface area contributed by atoms with Crippen molar-refractivity contribution in [1.29, 1.82) is 0 Å². The highest BCUT2D eigenvalue weighted by Gasteiger charge is 2.10. The van der Waals surface area contributed by atoms with E-state index in [4.69, 9.17) is 10.2 Å². The number of fused-ring (bicyclic) bond motifs is 1. The first-order valence-corrected chi connectivity index (χ1v) is 6.19. The predicted octanol–water partition coefficient (Wildman–Crippen LogP) is 2.87. The fourth-order valence-corrected chi connectivity index (χ4v) is 2.17. The minimum absolute atomic E-state index is 0.376. The summed E-state index contributed by atoms with van der Waals surface area (Å²) in [6.07, 6.45) is 1.89. The number of thioether (sulfide) groups is 1. The van der Waals surface area contributed by atoms with Crippen molar-refractivity contribution in [2.75, 3.05) is 13.4 Å². The van der Waals surface area contributed by atoms with Gasteiger partial charge in [-0.05, 0) is 29.2 Å². The van der Waals surface area contributed by atoms with E-state index in [1.54, 1.807) is 6.07 Å². The molecule has 0 bridgehead atoms. The maximum atomic E-state index is 11.0. The molecule has 2 aromatic carbocycles. The molecule has 2 rings (SSSR count). The Kier molecular flexibility index (Phi) is 5.00. The van der Waals surface area contributed by atoms with Crippen LogP contribution in [0.25, 0.3) is 10.8 Å². The largest absolute Gasteiger partial charge is 0.478 e. The van der Waals surface area contributed by atoms with E-state index in [0.29, 0.717) is 5.56 Å². The Balaban J connectivity index is 0.000000686. The molecule has 0 unspecified atom stereocenters. The lowest BCUT2D eigenvalue weighted by molar-refractivity contribution is 0.0693. The maximum Gasteiger partial charge on any atom is 0.336 e. The summed E-state index contributed by atoms with van der Waals surface area (Å²) >= 11 is 1.46. The van der Waals surface area contributed by atoms with Gasteiger partial charge in [-0.3, -0.25) is 0 Å². The predicted molar refractivity (Wildman–Crippen MR) is 70.8 cm³/mol. The average molecular weight is 250 g/mol. The summed E-state index contributed by atoms with van der Waals surface area (Å²) in [4.78, 5) is 11.8. The molecule has 0 heterocycles. The Hall–Kier alpha value is -1.52. The number of carboxylic acid groups (broad SMARTS) is 1. The lowest BCUT2D eigenvalue weighted by Crippen LogP contribution is -1.98. The zero-order valence-electron chi connectivity index (χ0n) is 9.68. The van der Waals surface area contributed by atoms with E-state index < -0.39 is 5.97 Å². The zero-order chi connectivity index (χ0) is 12.8. The fourth-order valence-electron chi connectivity index (χ4n) is 1.56. The van der Waals surface area contributed by atoms with Crippen molar-refractivity contribution in [3.8, 4) is 0 Å². The second-order valence-electron chi connectivity index (χ2n) is 3.20. The van der Waals surface area contributed by atoms with Crippen LogP contribution in [0.4, 0.5) is 0 Å². The number of carbonyl (C=O) groups is 1. The Labute approximate surface area is 104 Å². The van der Waals surface area contributed by atoms with Gasteiger partial charge in [0.25, 0.3) is 0 Å². The SMILES string of the molecule is CO.CSc1cc2ccccc2cc1C(=O)O. The van der Waals surface area contributed by atoms with Gasteiger partial charge in [0.15, 0.2) is 0 Å². The monoisotopic (exact) mass is 250 g/mol. The van der Waals surface area contributed by atoms with E-state index in [1.165, 1.54) is 11.8 Å². The molecule has 2 aromatic rings. The zero-order valence-corrected chi connectivity index (χ0v) is 10.5. The highest BCUT2D eigenvalue weighted by molar-refractivity contribution is 7.98. The fraction of sp³-hybridized carbons (Fsp3) is 0.154. The van der Waals surface area contributed by atoms with Gasteiger partial charge in [-0.2, -0.15) is 0 Å².